The summed E-state index contributed by atoms with van der Waals surface area (Å²) in [5, 5.41) is 23.1. The third-order valence-corrected chi connectivity index (χ3v) is 6.63. The second-order valence-corrected chi connectivity index (χ2v) is 9.10. The number of morpholine rings is 1. The third-order valence-electron chi connectivity index (χ3n) is 5.61. The van der Waals surface area contributed by atoms with Gasteiger partial charge in [-0.2, -0.15) is 0 Å². The van der Waals surface area contributed by atoms with Gasteiger partial charge in [-0.15, -0.1) is 0 Å². The lowest BCUT2D eigenvalue weighted by atomic mass is 10.1. The summed E-state index contributed by atoms with van der Waals surface area (Å²) in [6.45, 7) is 7.39. The van der Waals surface area contributed by atoms with Gasteiger partial charge in [0.15, 0.2) is 5.13 Å². The number of nitro benzene ring substituents is 2. The molecule has 2 aromatic carbocycles. The molecule has 12 heteroatoms. The summed E-state index contributed by atoms with van der Waals surface area (Å²) in [6.07, 6.45) is 0. The molecule has 0 N–H and O–H groups in total. The van der Waals surface area contributed by atoms with Crippen LogP contribution in [-0.4, -0.2) is 65.0 Å². The molecular formula is C22H23N5O6S. The van der Waals surface area contributed by atoms with E-state index in [9.17, 15) is 25.0 Å². The zero-order chi connectivity index (χ0) is 24.4. The van der Waals surface area contributed by atoms with Gasteiger partial charge in [0, 0.05) is 38.3 Å². The van der Waals surface area contributed by atoms with Crippen LogP contribution in [0.3, 0.4) is 0 Å². The number of carbonyl (C=O) groups excluding carboxylic acids is 1. The van der Waals surface area contributed by atoms with E-state index < -0.39 is 27.1 Å². The molecule has 178 valence electrons. The van der Waals surface area contributed by atoms with Crippen molar-refractivity contribution in [2.75, 3.05) is 44.3 Å². The molecule has 3 aromatic rings. The molecule has 4 rings (SSSR count). The molecular weight excluding hydrogens is 462 g/mol. The first-order chi connectivity index (χ1) is 16.2. The molecule has 1 amide bonds. The van der Waals surface area contributed by atoms with Gasteiger partial charge in [0.25, 0.3) is 17.3 Å². The van der Waals surface area contributed by atoms with E-state index in [4.69, 9.17) is 9.72 Å². The van der Waals surface area contributed by atoms with Gasteiger partial charge in [0.1, 0.15) is 0 Å². The minimum atomic E-state index is -0.744. The zero-order valence-electron chi connectivity index (χ0n) is 18.7. The van der Waals surface area contributed by atoms with Gasteiger partial charge >= 0.3 is 0 Å². The maximum absolute atomic E-state index is 13.6. The quantitative estimate of drug-likeness (QED) is 0.365. The average molecular weight is 486 g/mol. The van der Waals surface area contributed by atoms with E-state index in [1.807, 2.05) is 26.0 Å². The van der Waals surface area contributed by atoms with Crippen LogP contribution in [0.2, 0.25) is 0 Å². The minimum Gasteiger partial charge on any atom is -0.379 e. The van der Waals surface area contributed by atoms with Crippen LogP contribution in [0.1, 0.15) is 21.5 Å². The summed E-state index contributed by atoms with van der Waals surface area (Å²) in [7, 11) is 0. The highest BCUT2D eigenvalue weighted by Gasteiger charge is 2.27. The van der Waals surface area contributed by atoms with Crippen molar-refractivity contribution in [1.82, 2.24) is 9.88 Å². The number of thiazole rings is 1. The number of nitrogens with zero attached hydrogens (tertiary/aromatic N) is 5. The molecule has 0 spiro atoms. The maximum Gasteiger partial charge on any atom is 0.277 e. The van der Waals surface area contributed by atoms with Crippen molar-refractivity contribution in [2.45, 2.75) is 13.8 Å². The number of anilines is 1. The normalized spacial score (nSPS) is 14.3. The number of non-ortho nitro benzene ring substituents is 2. The number of benzene rings is 2. The van der Waals surface area contributed by atoms with Crippen molar-refractivity contribution in [2.24, 2.45) is 0 Å². The van der Waals surface area contributed by atoms with E-state index in [1.165, 1.54) is 16.2 Å². The summed E-state index contributed by atoms with van der Waals surface area (Å²) in [4.78, 5) is 43.1. The number of nitro groups is 2. The molecule has 0 radical (unpaired) electrons. The summed E-state index contributed by atoms with van der Waals surface area (Å²) in [5.74, 6) is -0.575. The van der Waals surface area contributed by atoms with Crippen molar-refractivity contribution in [3.63, 3.8) is 0 Å². The molecule has 11 nitrogen and oxygen atoms in total. The van der Waals surface area contributed by atoms with Crippen LogP contribution in [0, 0.1) is 34.1 Å². The van der Waals surface area contributed by atoms with Crippen molar-refractivity contribution in [1.29, 1.82) is 0 Å². The molecule has 34 heavy (non-hydrogen) atoms. The number of hydrogen-bond acceptors (Lipinski definition) is 9. The summed E-state index contributed by atoms with van der Waals surface area (Å²) in [6, 6.07) is 6.99. The standard InChI is InChI=1S/C22H23N5O6S/c1-14-9-15(2)20-19(10-14)34-22(23-20)25(4-3-24-5-7-33-8-6-24)21(28)16-11-17(26(29)30)13-18(12-16)27(31)32/h9-13H,3-8H2,1-2H3. The van der Waals surface area contributed by atoms with Crippen molar-refractivity contribution in [3.05, 3.63) is 67.3 Å². The Balaban J connectivity index is 1.74. The Morgan fingerprint density at radius 3 is 2.35 bits per heavy atom. The monoisotopic (exact) mass is 485 g/mol. The predicted octanol–water partition coefficient (Wildman–Crippen LogP) is 3.71. The molecule has 0 saturated carbocycles. The minimum absolute atomic E-state index is 0.130. The molecule has 1 aliphatic heterocycles. The Morgan fingerprint density at radius 1 is 1.09 bits per heavy atom. The molecule has 1 saturated heterocycles. The zero-order valence-corrected chi connectivity index (χ0v) is 19.5. The number of amides is 1. The van der Waals surface area contributed by atoms with Gasteiger partial charge < -0.3 is 4.74 Å². The Kier molecular flexibility index (Phi) is 6.82. The summed E-state index contributed by atoms with van der Waals surface area (Å²) in [5.41, 5.74) is 1.67. The molecule has 1 aliphatic rings. The van der Waals surface area contributed by atoms with Crippen molar-refractivity contribution in [3.8, 4) is 0 Å². The fourth-order valence-corrected chi connectivity index (χ4v) is 5.08. The van der Waals surface area contributed by atoms with Crippen LogP contribution < -0.4 is 4.90 Å². The lowest BCUT2D eigenvalue weighted by molar-refractivity contribution is -0.394. The second-order valence-electron chi connectivity index (χ2n) is 8.09. The molecule has 1 fully saturated rings. The van der Waals surface area contributed by atoms with Crippen LogP contribution in [0.4, 0.5) is 16.5 Å². The lowest BCUT2D eigenvalue weighted by Crippen LogP contribution is -2.43. The third kappa shape index (κ3) is 5.03. The highest BCUT2D eigenvalue weighted by Crippen LogP contribution is 2.33. The molecule has 2 heterocycles. The number of carbonyl (C=O) groups is 1. The Hall–Kier alpha value is -3.48. The van der Waals surface area contributed by atoms with Crippen LogP contribution >= 0.6 is 11.3 Å². The van der Waals surface area contributed by atoms with Crippen LogP contribution in [-0.2, 0) is 4.74 Å². The highest BCUT2D eigenvalue weighted by atomic mass is 32.1. The highest BCUT2D eigenvalue weighted by molar-refractivity contribution is 7.22. The number of fused-ring (bicyclic) bond motifs is 1. The fourth-order valence-electron chi connectivity index (χ4n) is 3.91. The Bertz CT molecular complexity index is 1240. The van der Waals surface area contributed by atoms with Gasteiger partial charge in [0.2, 0.25) is 0 Å². The Labute approximate surface area is 198 Å². The second kappa shape index (κ2) is 9.79. The summed E-state index contributed by atoms with van der Waals surface area (Å²) < 4.78 is 6.30. The van der Waals surface area contributed by atoms with Gasteiger partial charge in [-0.25, -0.2) is 4.98 Å². The largest absolute Gasteiger partial charge is 0.379 e. The molecule has 0 unspecified atom stereocenters. The fraction of sp³-hybridized carbons (Fsp3) is 0.364. The molecule has 0 aliphatic carbocycles. The van der Waals surface area contributed by atoms with E-state index in [2.05, 4.69) is 4.90 Å². The van der Waals surface area contributed by atoms with Crippen LogP contribution in [0.25, 0.3) is 10.2 Å². The topological polar surface area (TPSA) is 132 Å². The van der Waals surface area contributed by atoms with Gasteiger partial charge in [-0.1, -0.05) is 17.4 Å². The first-order valence-corrected chi connectivity index (χ1v) is 11.5. The predicted molar refractivity (Wildman–Crippen MR) is 128 cm³/mol. The van der Waals surface area contributed by atoms with E-state index >= 15 is 0 Å². The van der Waals surface area contributed by atoms with Gasteiger partial charge in [-0.05, 0) is 31.0 Å². The average Bonchev–Trinajstić information content (AvgIpc) is 3.23. The summed E-state index contributed by atoms with van der Waals surface area (Å²) >= 11 is 1.35. The molecule has 1 aromatic heterocycles. The molecule has 0 atom stereocenters. The lowest BCUT2D eigenvalue weighted by Gasteiger charge is -2.29. The first-order valence-electron chi connectivity index (χ1n) is 10.7. The van der Waals surface area contributed by atoms with E-state index in [0.29, 0.717) is 24.9 Å². The van der Waals surface area contributed by atoms with E-state index in [0.717, 1.165) is 52.6 Å². The maximum atomic E-state index is 13.6. The Morgan fingerprint density at radius 2 is 1.74 bits per heavy atom. The van der Waals surface area contributed by atoms with Crippen LogP contribution in [0.15, 0.2) is 30.3 Å². The number of aromatic nitrogens is 1. The van der Waals surface area contributed by atoms with Gasteiger partial charge in [0.05, 0.1) is 44.9 Å². The van der Waals surface area contributed by atoms with Crippen molar-refractivity contribution < 1.29 is 19.4 Å². The number of ether oxygens (including phenoxy) is 1. The van der Waals surface area contributed by atoms with E-state index in [-0.39, 0.29) is 12.1 Å². The number of aryl methyl sites for hydroxylation is 2. The molecule has 0 bridgehead atoms. The first kappa shape index (κ1) is 23.7. The van der Waals surface area contributed by atoms with E-state index in [1.54, 1.807) is 0 Å². The van der Waals surface area contributed by atoms with Crippen molar-refractivity contribution >= 4 is 44.0 Å². The number of hydrogen-bond donors (Lipinski definition) is 0. The van der Waals surface area contributed by atoms with Gasteiger partial charge in [-0.3, -0.25) is 34.8 Å². The number of rotatable bonds is 7. The smallest absolute Gasteiger partial charge is 0.277 e. The SMILES string of the molecule is Cc1cc(C)c2nc(N(CCN3CCOCC3)C(=O)c3cc([N+](=O)[O-])cc([N+](=O)[O-])c3)sc2c1. The van der Waals surface area contributed by atoms with Crippen LogP contribution in [0.5, 0.6) is 0 Å².